The van der Waals surface area contributed by atoms with Gasteiger partial charge in [-0.05, 0) is 61.4 Å². The summed E-state index contributed by atoms with van der Waals surface area (Å²) in [5, 5.41) is 5.37. The van der Waals surface area contributed by atoms with E-state index in [-0.39, 0.29) is 18.2 Å². The van der Waals surface area contributed by atoms with E-state index in [0.717, 1.165) is 0 Å². The van der Waals surface area contributed by atoms with Gasteiger partial charge in [0.2, 0.25) is 0 Å². The Morgan fingerprint density at radius 2 is 1.78 bits per heavy atom. The van der Waals surface area contributed by atoms with E-state index in [1.54, 1.807) is 72.1 Å². The lowest BCUT2D eigenvalue weighted by atomic mass is 10.1. The maximum Gasteiger partial charge on any atom is 0.358 e. The molecule has 1 heterocycles. The Morgan fingerprint density at radius 1 is 1.09 bits per heavy atom. The normalized spacial score (nSPS) is 11.0. The summed E-state index contributed by atoms with van der Waals surface area (Å²) in [4.78, 5) is 26.7. The molecule has 6 nitrogen and oxygen atoms in total. The van der Waals surface area contributed by atoms with Gasteiger partial charge in [-0.2, -0.15) is 5.10 Å². The van der Waals surface area contributed by atoms with E-state index >= 15 is 0 Å². The molecule has 1 amide bonds. The van der Waals surface area contributed by atoms with Crippen molar-refractivity contribution in [3.05, 3.63) is 69.8 Å². The first-order chi connectivity index (χ1) is 15.2. The third kappa shape index (κ3) is 5.31. The van der Waals surface area contributed by atoms with Crippen molar-refractivity contribution in [2.24, 2.45) is 5.92 Å². The monoisotopic (exact) mass is 473 g/mol. The van der Waals surface area contributed by atoms with Crippen LogP contribution >= 0.6 is 23.2 Å². The Kier molecular flexibility index (Phi) is 7.59. The van der Waals surface area contributed by atoms with Crippen LogP contribution in [-0.2, 0) is 4.74 Å². The molecule has 32 heavy (non-hydrogen) atoms. The number of nitrogens with zero attached hydrogens (tertiary/aromatic N) is 3. The second-order valence-electron chi connectivity index (χ2n) is 7.80. The topological polar surface area (TPSA) is 64.4 Å². The average molecular weight is 474 g/mol. The van der Waals surface area contributed by atoms with Crippen LogP contribution in [0.4, 0.5) is 0 Å². The lowest BCUT2D eigenvalue weighted by molar-refractivity contribution is 0.0518. The molecule has 0 fully saturated rings. The highest BCUT2D eigenvalue weighted by atomic mass is 35.5. The number of carbonyl (C=O) groups is 2. The highest BCUT2D eigenvalue weighted by Crippen LogP contribution is 2.32. The van der Waals surface area contributed by atoms with Gasteiger partial charge in [-0.1, -0.05) is 37.0 Å². The molecule has 168 valence electrons. The molecule has 0 aliphatic rings. The van der Waals surface area contributed by atoms with E-state index < -0.39 is 5.97 Å². The van der Waals surface area contributed by atoms with Crippen LogP contribution in [0.15, 0.2) is 48.5 Å². The maximum absolute atomic E-state index is 12.7. The molecule has 0 N–H and O–H groups in total. The largest absolute Gasteiger partial charge is 0.461 e. The van der Waals surface area contributed by atoms with Gasteiger partial charge in [-0.3, -0.25) is 4.79 Å². The van der Waals surface area contributed by atoms with Gasteiger partial charge in [0.15, 0.2) is 5.69 Å². The van der Waals surface area contributed by atoms with Crippen LogP contribution in [0.5, 0.6) is 0 Å². The minimum Gasteiger partial charge on any atom is -0.461 e. The van der Waals surface area contributed by atoms with E-state index in [0.29, 0.717) is 45.0 Å². The number of esters is 1. The van der Waals surface area contributed by atoms with Crippen LogP contribution in [0, 0.1) is 5.92 Å². The Balaban J connectivity index is 2.02. The van der Waals surface area contributed by atoms with Crippen LogP contribution < -0.4 is 0 Å². The molecule has 0 radical (unpaired) electrons. The second kappa shape index (κ2) is 10.2. The van der Waals surface area contributed by atoms with Gasteiger partial charge in [-0.15, -0.1) is 0 Å². The molecule has 0 atom stereocenters. The van der Waals surface area contributed by atoms with Crippen molar-refractivity contribution in [1.29, 1.82) is 0 Å². The molecule has 1 aromatic heterocycles. The third-order valence-corrected chi connectivity index (χ3v) is 5.29. The highest BCUT2D eigenvalue weighted by Gasteiger charge is 2.20. The summed E-state index contributed by atoms with van der Waals surface area (Å²) < 4.78 is 6.71. The number of halogens is 2. The highest BCUT2D eigenvalue weighted by molar-refractivity contribution is 6.36. The lowest BCUT2D eigenvalue weighted by Gasteiger charge is -2.19. The number of carbonyl (C=O) groups excluding carboxylic acids is 2. The number of rotatable bonds is 7. The van der Waals surface area contributed by atoms with Crippen LogP contribution in [0.1, 0.15) is 41.6 Å². The number of aromatic nitrogens is 2. The molecule has 0 aliphatic carbocycles. The Labute approximate surface area is 197 Å². The van der Waals surface area contributed by atoms with Crippen LogP contribution in [0.25, 0.3) is 16.9 Å². The summed E-state index contributed by atoms with van der Waals surface area (Å²) in [6.45, 7) is 6.77. The van der Waals surface area contributed by atoms with Gasteiger partial charge in [-0.25, -0.2) is 9.48 Å². The molecule has 0 saturated carbocycles. The summed E-state index contributed by atoms with van der Waals surface area (Å²) in [5.41, 5.74) is 2.66. The molecule has 3 rings (SSSR count). The number of benzene rings is 2. The van der Waals surface area contributed by atoms with Crippen LogP contribution in [0.2, 0.25) is 10.0 Å². The van der Waals surface area contributed by atoms with E-state index in [2.05, 4.69) is 18.9 Å². The zero-order valence-corrected chi connectivity index (χ0v) is 19.9. The standard InChI is InChI=1S/C24H25Cl2N3O3/c1-5-32-24(31)21-13-22(19-11-8-17(25)12-20(19)26)29(27-21)18-9-6-16(7-10-18)23(30)28(4)14-15(2)3/h6-13,15H,5,14H2,1-4H3. The predicted octanol–water partition coefficient (Wildman–Crippen LogP) is 5.75. The molecule has 2 aromatic carbocycles. The molecular weight excluding hydrogens is 449 g/mol. The van der Waals surface area contributed by atoms with Crippen LogP contribution in [-0.4, -0.2) is 46.8 Å². The number of amides is 1. The number of hydrogen-bond donors (Lipinski definition) is 0. The lowest BCUT2D eigenvalue weighted by Crippen LogP contribution is -2.30. The number of hydrogen-bond acceptors (Lipinski definition) is 4. The van der Waals surface area contributed by atoms with E-state index in [9.17, 15) is 9.59 Å². The fourth-order valence-corrected chi connectivity index (χ4v) is 3.87. The zero-order chi connectivity index (χ0) is 23.4. The van der Waals surface area contributed by atoms with Crippen molar-refractivity contribution < 1.29 is 14.3 Å². The minimum atomic E-state index is -0.528. The second-order valence-corrected chi connectivity index (χ2v) is 8.64. The first-order valence-electron chi connectivity index (χ1n) is 10.3. The summed E-state index contributed by atoms with van der Waals surface area (Å²) in [5.74, 6) is -0.209. The molecule has 0 unspecified atom stereocenters. The SMILES string of the molecule is CCOC(=O)c1cc(-c2ccc(Cl)cc2Cl)n(-c2ccc(C(=O)N(C)CC(C)C)cc2)n1. The van der Waals surface area contributed by atoms with Crippen molar-refractivity contribution in [1.82, 2.24) is 14.7 Å². The first kappa shape index (κ1) is 23.8. The van der Waals surface area contributed by atoms with Gasteiger partial charge < -0.3 is 9.64 Å². The summed E-state index contributed by atoms with van der Waals surface area (Å²) in [7, 11) is 1.79. The van der Waals surface area contributed by atoms with Gasteiger partial charge in [0.05, 0.1) is 23.0 Å². The van der Waals surface area contributed by atoms with Crippen molar-refractivity contribution in [3.8, 4) is 16.9 Å². The van der Waals surface area contributed by atoms with Gasteiger partial charge in [0.1, 0.15) is 0 Å². The Bertz CT molecular complexity index is 1120. The van der Waals surface area contributed by atoms with E-state index in [4.69, 9.17) is 27.9 Å². The molecular formula is C24H25Cl2N3O3. The van der Waals surface area contributed by atoms with Crippen molar-refractivity contribution in [2.75, 3.05) is 20.2 Å². The minimum absolute atomic E-state index is 0.0566. The fraction of sp³-hybridized carbons (Fsp3) is 0.292. The first-order valence-corrected chi connectivity index (χ1v) is 11.0. The van der Waals surface area contributed by atoms with E-state index in [1.807, 2.05) is 0 Å². The van der Waals surface area contributed by atoms with Crippen molar-refractivity contribution in [2.45, 2.75) is 20.8 Å². The molecule has 0 spiro atoms. The molecule has 0 bridgehead atoms. The molecule has 8 heteroatoms. The summed E-state index contributed by atoms with van der Waals surface area (Å²) in [6, 6.07) is 13.8. The predicted molar refractivity (Wildman–Crippen MR) is 127 cm³/mol. The molecule has 0 aliphatic heterocycles. The zero-order valence-electron chi connectivity index (χ0n) is 18.4. The summed E-state index contributed by atoms with van der Waals surface area (Å²) >= 11 is 12.5. The van der Waals surface area contributed by atoms with Gasteiger partial charge in [0, 0.05) is 29.7 Å². The van der Waals surface area contributed by atoms with Crippen molar-refractivity contribution >= 4 is 35.1 Å². The molecule has 0 saturated heterocycles. The van der Waals surface area contributed by atoms with Gasteiger partial charge >= 0.3 is 5.97 Å². The quantitative estimate of drug-likeness (QED) is 0.409. The third-order valence-electron chi connectivity index (χ3n) is 4.75. The smallest absolute Gasteiger partial charge is 0.358 e. The maximum atomic E-state index is 12.7. The number of ether oxygens (including phenoxy) is 1. The average Bonchev–Trinajstić information content (AvgIpc) is 3.18. The van der Waals surface area contributed by atoms with Crippen LogP contribution in [0.3, 0.4) is 0 Å². The summed E-state index contributed by atoms with van der Waals surface area (Å²) in [6.07, 6.45) is 0. The van der Waals surface area contributed by atoms with Crippen molar-refractivity contribution in [3.63, 3.8) is 0 Å². The van der Waals surface area contributed by atoms with Gasteiger partial charge in [0.25, 0.3) is 5.91 Å². The Morgan fingerprint density at radius 3 is 2.38 bits per heavy atom. The fourth-order valence-electron chi connectivity index (χ4n) is 3.37. The Hall–Kier alpha value is -2.83. The van der Waals surface area contributed by atoms with E-state index in [1.165, 1.54) is 0 Å². The molecule has 3 aromatic rings.